The number of rotatable bonds is 3. The third-order valence-electron chi connectivity index (χ3n) is 4.30. The monoisotopic (exact) mass is 338 g/mol. The quantitative estimate of drug-likeness (QED) is 0.903. The van der Waals surface area contributed by atoms with Crippen molar-refractivity contribution < 1.29 is 4.79 Å². The first-order chi connectivity index (χ1) is 11.4. The van der Waals surface area contributed by atoms with Crippen LogP contribution in [0.4, 0.5) is 0 Å². The van der Waals surface area contributed by atoms with Crippen LogP contribution in [0.1, 0.15) is 34.9 Å². The Kier molecular flexibility index (Phi) is 4.12. The predicted octanol–water partition coefficient (Wildman–Crippen LogP) is 2.81. The normalized spacial score (nSPS) is 20.6. The van der Waals surface area contributed by atoms with Crippen molar-refractivity contribution in [3.05, 3.63) is 57.3 Å². The van der Waals surface area contributed by atoms with Gasteiger partial charge in [0.2, 0.25) is 5.91 Å². The molecule has 6 heteroatoms. The first-order valence-corrected chi connectivity index (χ1v) is 8.49. The first-order valence-electron chi connectivity index (χ1n) is 7.61. The molecule has 2 aromatic rings. The average Bonchev–Trinajstić information content (AvgIpc) is 3.03. The first kappa shape index (κ1) is 16.2. The Hall–Kier alpha value is -2.65. The molecule has 1 saturated heterocycles. The van der Waals surface area contributed by atoms with Crippen molar-refractivity contribution in [1.29, 1.82) is 10.7 Å². The molecule has 1 atom stereocenters. The van der Waals surface area contributed by atoms with Gasteiger partial charge in [0.25, 0.3) is 0 Å². The molecule has 122 valence electrons. The van der Waals surface area contributed by atoms with Gasteiger partial charge in [-0.05, 0) is 48.1 Å². The SMILES string of the molecule is CN1C(=N)NC(C)(c2cc(Cc3ccc(C#N)cc3)cs2)CC1=O. The Labute approximate surface area is 145 Å². The number of nitriles is 1. The number of guanidine groups is 1. The molecule has 0 spiro atoms. The maximum Gasteiger partial charge on any atom is 0.231 e. The molecule has 1 amide bonds. The number of thiophene rings is 1. The van der Waals surface area contributed by atoms with Gasteiger partial charge in [-0.15, -0.1) is 11.3 Å². The van der Waals surface area contributed by atoms with Gasteiger partial charge in [0.1, 0.15) is 0 Å². The lowest BCUT2D eigenvalue weighted by molar-refractivity contribution is -0.129. The molecular weight excluding hydrogens is 320 g/mol. The van der Waals surface area contributed by atoms with E-state index < -0.39 is 5.54 Å². The van der Waals surface area contributed by atoms with Crippen molar-refractivity contribution in [3.8, 4) is 6.07 Å². The van der Waals surface area contributed by atoms with Crippen molar-refractivity contribution in [3.63, 3.8) is 0 Å². The Morgan fingerprint density at radius 3 is 2.71 bits per heavy atom. The molecule has 3 rings (SSSR count). The number of hydrogen-bond donors (Lipinski definition) is 2. The summed E-state index contributed by atoms with van der Waals surface area (Å²) in [6.45, 7) is 1.96. The molecule has 1 fully saturated rings. The van der Waals surface area contributed by atoms with Crippen LogP contribution in [0.5, 0.6) is 0 Å². The molecule has 1 aliphatic rings. The minimum atomic E-state index is -0.533. The molecular formula is C18H18N4OS. The summed E-state index contributed by atoms with van der Waals surface area (Å²) >= 11 is 1.60. The van der Waals surface area contributed by atoms with Crippen molar-refractivity contribution in [2.45, 2.75) is 25.3 Å². The minimum absolute atomic E-state index is 0.0525. The average molecular weight is 338 g/mol. The largest absolute Gasteiger partial charge is 0.345 e. The van der Waals surface area contributed by atoms with Gasteiger partial charge in [0.15, 0.2) is 5.96 Å². The Bertz CT molecular complexity index is 813. The van der Waals surface area contributed by atoms with E-state index in [4.69, 9.17) is 10.7 Å². The van der Waals surface area contributed by atoms with E-state index in [9.17, 15) is 4.79 Å². The van der Waals surface area contributed by atoms with E-state index in [0.717, 1.165) is 16.9 Å². The van der Waals surface area contributed by atoms with E-state index in [0.29, 0.717) is 12.0 Å². The van der Waals surface area contributed by atoms with E-state index >= 15 is 0 Å². The summed E-state index contributed by atoms with van der Waals surface area (Å²) in [7, 11) is 1.61. The Morgan fingerprint density at radius 1 is 1.38 bits per heavy atom. The molecule has 1 aromatic carbocycles. The molecule has 0 radical (unpaired) electrons. The second kappa shape index (κ2) is 6.10. The molecule has 0 bridgehead atoms. The van der Waals surface area contributed by atoms with Crippen molar-refractivity contribution >= 4 is 23.2 Å². The number of nitrogens with zero attached hydrogens (tertiary/aromatic N) is 2. The van der Waals surface area contributed by atoms with Crippen LogP contribution in [0, 0.1) is 16.7 Å². The van der Waals surface area contributed by atoms with E-state index in [1.807, 2.05) is 31.2 Å². The molecule has 24 heavy (non-hydrogen) atoms. The Morgan fingerprint density at radius 2 is 2.08 bits per heavy atom. The van der Waals surface area contributed by atoms with Gasteiger partial charge in [0.05, 0.1) is 23.6 Å². The highest BCUT2D eigenvalue weighted by atomic mass is 32.1. The van der Waals surface area contributed by atoms with Crippen LogP contribution in [0.3, 0.4) is 0 Å². The number of carbonyl (C=O) groups excluding carboxylic acids is 1. The van der Waals surface area contributed by atoms with Gasteiger partial charge in [0, 0.05) is 11.9 Å². The molecule has 2 N–H and O–H groups in total. The summed E-state index contributed by atoms with van der Waals surface area (Å²) in [5.74, 6) is 0.0825. The summed E-state index contributed by atoms with van der Waals surface area (Å²) in [5, 5.41) is 22.0. The second-order valence-corrected chi connectivity index (χ2v) is 7.15. The molecule has 1 aliphatic heterocycles. The van der Waals surface area contributed by atoms with Crippen LogP contribution in [0.15, 0.2) is 35.7 Å². The zero-order valence-electron chi connectivity index (χ0n) is 13.6. The van der Waals surface area contributed by atoms with Gasteiger partial charge in [-0.1, -0.05) is 12.1 Å². The van der Waals surface area contributed by atoms with E-state index in [-0.39, 0.29) is 11.9 Å². The van der Waals surface area contributed by atoms with Gasteiger partial charge < -0.3 is 5.32 Å². The van der Waals surface area contributed by atoms with Crippen LogP contribution >= 0.6 is 11.3 Å². The highest BCUT2D eigenvalue weighted by Crippen LogP contribution is 2.33. The summed E-state index contributed by atoms with van der Waals surface area (Å²) in [6.07, 6.45) is 1.12. The molecule has 1 unspecified atom stereocenters. The number of carbonyl (C=O) groups is 1. The summed E-state index contributed by atoms with van der Waals surface area (Å²) in [5.41, 5.74) is 2.43. The highest BCUT2D eigenvalue weighted by Gasteiger charge is 2.38. The van der Waals surface area contributed by atoms with Crippen molar-refractivity contribution in [1.82, 2.24) is 10.2 Å². The smallest absolute Gasteiger partial charge is 0.231 e. The van der Waals surface area contributed by atoms with Gasteiger partial charge >= 0.3 is 0 Å². The minimum Gasteiger partial charge on any atom is -0.345 e. The molecule has 0 aliphatic carbocycles. The number of hydrogen-bond acceptors (Lipinski definition) is 4. The van der Waals surface area contributed by atoms with Crippen molar-refractivity contribution in [2.75, 3.05) is 7.05 Å². The maximum absolute atomic E-state index is 12.1. The fourth-order valence-electron chi connectivity index (χ4n) is 2.77. The van der Waals surface area contributed by atoms with Crippen LogP contribution in [0.2, 0.25) is 0 Å². The van der Waals surface area contributed by atoms with Crippen LogP contribution < -0.4 is 5.32 Å². The molecule has 2 heterocycles. The predicted molar refractivity (Wildman–Crippen MR) is 93.9 cm³/mol. The maximum atomic E-state index is 12.1. The van der Waals surface area contributed by atoms with Crippen LogP contribution in [-0.4, -0.2) is 23.8 Å². The number of benzene rings is 1. The lowest BCUT2D eigenvalue weighted by Crippen LogP contribution is -2.57. The second-order valence-electron chi connectivity index (χ2n) is 6.24. The van der Waals surface area contributed by atoms with Crippen LogP contribution in [-0.2, 0) is 16.8 Å². The van der Waals surface area contributed by atoms with Crippen LogP contribution in [0.25, 0.3) is 0 Å². The van der Waals surface area contributed by atoms with Gasteiger partial charge in [-0.3, -0.25) is 15.1 Å². The number of nitrogens with one attached hydrogen (secondary N) is 2. The van der Waals surface area contributed by atoms with E-state index in [1.165, 1.54) is 10.5 Å². The fourth-order valence-corrected chi connectivity index (χ4v) is 3.81. The summed E-state index contributed by atoms with van der Waals surface area (Å²) in [4.78, 5) is 14.5. The topological polar surface area (TPSA) is 80.0 Å². The third kappa shape index (κ3) is 3.03. The lowest BCUT2D eigenvalue weighted by atomic mass is 9.92. The number of amides is 1. The fraction of sp³-hybridized carbons (Fsp3) is 0.278. The third-order valence-corrected chi connectivity index (χ3v) is 5.54. The zero-order valence-corrected chi connectivity index (χ0v) is 14.4. The highest BCUT2D eigenvalue weighted by molar-refractivity contribution is 7.10. The van der Waals surface area contributed by atoms with E-state index in [1.54, 1.807) is 18.4 Å². The summed E-state index contributed by atoms with van der Waals surface area (Å²) < 4.78 is 0. The molecule has 5 nitrogen and oxygen atoms in total. The van der Waals surface area contributed by atoms with Crippen molar-refractivity contribution in [2.24, 2.45) is 0 Å². The van der Waals surface area contributed by atoms with Gasteiger partial charge in [-0.2, -0.15) is 5.26 Å². The lowest BCUT2D eigenvalue weighted by Gasteiger charge is -2.38. The summed E-state index contributed by atoms with van der Waals surface area (Å²) in [6, 6.07) is 11.8. The molecule has 0 saturated carbocycles. The Balaban J connectivity index is 1.78. The zero-order chi connectivity index (χ0) is 17.3. The molecule has 1 aromatic heterocycles. The standard InChI is InChI=1S/C18H18N4OS/c1-18(9-16(23)22(2)17(20)21-18)15-8-14(11-24-15)7-12-3-5-13(10-19)6-4-12/h3-6,8,11H,7,9H2,1-2H3,(H2,20,21). The van der Waals surface area contributed by atoms with Gasteiger partial charge in [-0.25, -0.2) is 0 Å². The van der Waals surface area contributed by atoms with E-state index in [2.05, 4.69) is 22.8 Å².